The van der Waals surface area contributed by atoms with Crippen molar-refractivity contribution < 1.29 is 18.8 Å². The molecule has 138 valence electrons. The largest absolute Gasteiger partial charge is 0.327 e. The van der Waals surface area contributed by atoms with Crippen LogP contribution in [0, 0.1) is 5.82 Å². The second-order valence-corrected chi connectivity index (χ2v) is 6.81. The number of hydrogen-bond donors (Lipinski definition) is 0. The van der Waals surface area contributed by atoms with Crippen LogP contribution in [0.15, 0.2) is 24.3 Å². The number of anilines is 1. The molecule has 1 aromatic carbocycles. The molecule has 3 fully saturated rings. The smallest absolute Gasteiger partial charge is 0.310 e. The highest BCUT2D eigenvalue weighted by molar-refractivity contribution is 6.04. The number of para-hydroxylation sites is 1. The first-order valence-corrected chi connectivity index (χ1v) is 8.95. The lowest BCUT2D eigenvalue weighted by Crippen LogP contribution is -2.57. The van der Waals surface area contributed by atoms with Crippen molar-refractivity contribution in [1.82, 2.24) is 14.7 Å². The van der Waals surface area contributed by atoms with Crippen molar-refractivity contribution in [3.05, 3.63) is 30.1 Å². The SMILES string of the molecule is CCN1C(=O)[C@@H]2CN([C@H]3CCN(c4ccccc4F)C3=O)CCN2C1=O. The van der Waals surface area contributed by atoms with Crippen LogP contribution in [0.2, 0.25) is 0 Å². The number of imide groups is 1. The van der Waals surface area contributed by atoms with Crippen LogP contribution >= 0.6 is 0 Å². The highest BCUT2D eigenvalue weighted by Crippen LogP contribution is 2.29. The summed E-state index contributed by atoms with van der Waals surface area (Å²) in [7, 11) is 0. The predicted octanol–water partition coefficient (Wildman–Crippen LogP) is 0.899. The van der Waals surface area contributed by atoms with Crippen LogP contribution in [-0.2, 0) is 9.59 Å². The molecule has 26 heavy (non-hydrogen) atoms. The summed E-state index contributed by atoms with van der Waals surface area (Å²) in [6.45, 7) is 3.89. The standard InChI is InChI=1S/C18H21FN4O3/c1-2-21-17(25)15-11-20(9-10-23(15)18(21)26)14-7-8-22(16(14)24)13-6-4-3-5-12(13)19/h3-6,14-15H,2,7-11H2,1H3/t14-,15-/m0/s1. The second kappa shape index (κ2) is 6.35. The third kappa shape index (κ3) is 2.47. The number of carbonyl (C=O) groups is 3. The summed E-state index contributed by atoms with van der Waals surface area (Å²) in [4.78, 5) is 43.8. The number of hydrogen-bond acceptors (Lipinski definition) is 4. The van der Waals surface area contributed by atoms with Crippen molar-refractivity contribution in [1.29, 1.82) is 0 Å². The molecule has 0 saturated carbocycles. The van der Waals surface area contributed by atoms with Gasteiger partial charge in [-0.2, -0.15) is 0 Å². The molecular weight excluding hydrogens is 339 g/mol. The number of nitrogens with zero attached hydrogens (tertiary/aromatic N) is 4. The van der Waals surface area contributed by atoms with E-state index in [9.17, 15) is 18.8 Å². The van der Waals surface area contributed by atoms with Crippen LogP contribution < -0.4 is 4.90 Å². The van der Waals surface area contributed by atoms with Gasteiger partial charge in [0, 0.05) is 32.7 Å². The first kappa shape index (κ1) is 17.0. The van der Waals surface area contributed by atoms with E-state index in [2.05, 4.69) is 0 Å². The monoisotopic (exact) mass is 360 g/mol. The Kier molecular flexibility index (Phi) is 4.14. The van der Waals surface area contributed by atoms with Gasteiger partial charge in [-0.25, -0.2) is 9.18 Å². The highest BCUT2D eigenvalue weighted by atomic mass is 19.1. The molecule has 3 heterocycles. The van der Waals surface area contributed by atoms with E-state index in [0.717, 1.165) is 0 Å². The van der Waals surface area contributed by atoms with E-state index >= 15 is 0 Å². The molecule has 3 aliphatic rings. The summed E-state index contributed by atoms with van der Waals surface area (Å²) in [5.74, 6) is -0.757. The van der Waals surface area contributed by atoms with E-state index in [0.29, 0.717) is 44.8 Å². The quantitative estimate of drug-likeness (QED) is 0.752. The molecule has 0 spiro atoms. The minimum Gasteiger partial charge on any atom is -0.310 e. The van der Waals surface area contributed by atoms with E-state index in [-0.39, 0.29) is 23.9 Å². The summed E-state index contributed by atoms with van der Waals surface area (Å²) in [6.07, 6.45) is 0.583. The third-order valence-corrected chi connectivity index (χ3v) is 5.52. The number of halogens is 1. The number of rotatable bonds is 3. The van der Waals surface area contributed by atoms with Crippen LogP contribution in [-0.4, -0.2) is 77.4 Å². The summed E-state index contributed by atoms with van der Waals surface area (Å²) < 4.78 is 14.0. The van der Waals surface area contributed by atoms with E-state index in [1.807, 2.05) is 4.90 Å². The molecule has 7 nitrogen and oxygen atoms in total. The molecule has 1 aromatic rings. The molecule has 0 aromatic heterocycles. The normalized spacial score (nSPS) is 26.8. The molecule has 4 amide bonds. The van der Waals surface area contributed by atoms with Crippen LogP contribution in [0.1, 0.15) is 13.3 Å². The van der Waals surface area contributed by atoms with Gasteiger partial charge in [0.15, 0.2) is 0 Å². The van der Waals surface area contributed by atoms with Crippen LogP contribution in [0.25, 0.3) is 0 Å². The first-order chi connectivity index (χ1) is 12.5. The molecule has 4 rings (SSSR count). The average Bonchev–Trinajstić information content (AvgIpc) is 3.13. The van der Waals surface area contributed by atoms with Crippen molar-refractivity contribution in [2.75, 3.05) is 37.6 Å². The van der Waals surface area contributed by atoms with Crippen molar-refractivity contribution in [2.24, 2.45) is 0 Å². The fourth-order valence-corrected chi connectivity index (χ4v) is 4.16. The van der Waals surface area contributed by atoms with Gasteiger partial charge in [0.25, 0.3) is 5.91 Å². The lowest BCUT2D eigenvalue weighted by molar-refractivity contribution is -0.131. The Balaban J connectivity index is 1.50. The van der Waals surface area contributed by atoms with Crippen LogP contribution in [0.4, 0.5) is 14.9 Å². The Morgan fingerprint density at radius 3 is 2.54 bits per heavy atom. The summed E-state index contributed by atoms with van der Waals surface area (Å²) in [5.41, 5.74) is 0.294. The maximum Gasteiger partial charge on any atom is 0.327 e. The number of piperazine rings is 1. The molecule has 0 unspecified atom stereocenters. The minimum absolute atomic E-state index is 0.146. The van der Waals surface area contributed by atoms with Crippen molar-refractivity contribution in [2.45, 2.75) is 25.4 Å². The summed E-state index contributed by atoms with van der Waals surface area (Å²) in [5, 5.41) is 0. The van der Waals surface area contributed by atoms with Gasteiger partial charge in [0.1, 0.15) is 11.9 Å². The summed E-state index contributed by atoms with van der Waals surface area (Å²) in [6, 6.07) is 5.11. The van der Waals surface area contributed by atoms with Gasteiger partial charge in [-0.3, -0.25) is 19.4 Å². The number of urea groups is 1. The zero-order valence-electron chi connectivity index (χ0n) is 14.6. The summed E-state index contributed by atoms with van der Waals surface area (Å²) >= 11 is 0. The van der Waals surface area contributed by atoms with Gasteiger partial charge in [0.05, 0.1) is 11.7 Å². The van der Waals surface area contributed by atoms with E-state index < -0.39 is 11.9 Å². The van der Waals surface area contributed by atoms with Gasteiger partial charge in [-0.1, -0.05) is 12.1 Å². The minimum atomic E-state index is -0.522. The highest BCUT2D eigenvalue weighted by Gasteiger charge is 2.49. The van der Waals surface area contributed by atoms with Crippen molar-refractivity contribution in [3.63, 3.8) is 0 Å². The van der Waals surface area contributed by atoms with E-state index in [1.165, 1.54) is 15.9 Å². The zero-order valence-corrected chi connectivity index (χ0v) is 14.6. The molecule has 2 atom stereocenters. The Bertz CT molecular complexity index is 771. The van der Waals surface area contributed by atoms with E-state index in [1.54, 1.807) is 30.0 Å². The number of carbonyl (C=O) groups excluding carboxylic acids is 3. The molecular formula is C18H21FN4O3. The van der Waals surface area contributed by atoms with Gasteiger partial charge in [-0.15, -0.1) is 0 Å². The average molecular weight is 360 g/mol. The van der Waals surface area contributed by atoms with Gasteiger partial charge in [0.2, 0.25) is 5.91 Å². The Morgan fingerprint density at radius 1 is 1.04 bits per heavy atom. The lowest BCUT2D eigenvalue weighted by Gasteiger charge is -2.37. The molecule has 0 bridgehead atoms. The number of amides is 4. The third-order valence-electron chi connectivity index (χ3n) is 5.52. The van der Waals surface area contributed by atoms with Crippen LogP contribution in [0.5, 0.6) is 0 Å². The van der Waals surface area contributed by atoms with Gasteiger partial charge in [-0.05, 0) is 25.5 Å². The topological polar surface area (TPSA) is 64.2 Å². The van der Waals surface area contributed by atoms with Crippen molar-refractivity contribution in [3.8, 4) is 0 Å². The fraction of sp³-hybridized carbons (Fsp3) is 0.500. The van der Waals surface area contributed by atoms with Gasteiger partial charge >= 0.3 is 6.03 Å². The Hall–Kier alpha value is -2.48. The number of benzene rings is 1. The Labute approximate surface area is 150 Å². The maximum atomic E-state index is 14.0. The zero-order chi connectivity index (χ0) is 18.4. The molecule has 8 heteroatoms. The second-order valence-electron chi connectivity index (χ2n) is 6.81. The maximum absolute atomic E-state index is 14.0. The Morgan fingerprint density at radius 2 is 1.81 bits per heavy atom. The van der Waals surface area contributed by atoms with E-state index in [4.69, 9.17) is 0 Å². The molecule has 0 radical (unpaired) electrons. The fourth-order valence-electron chi connectivity index (χ4n) is 4.16. The molecule has 0 aliphatic carbocycles. The van der Waals surface area contributed by atoms with Gasteiger partial charge < -0.3 is 9.80 Å². The lowest BCUT2D eigenvalue weighted by atomic mass is 10.1. The molecule has 0 N–H and O–H groups in total. The first-order valence-electron chi connectivity index (χ1n) is 8.95. The molecule has 3 saturated heterocycles. The number of likely N-dealkylation sites (N-methyl/N-ethyl adjacent to an activating group) is 1. The predicted molar refractivity (Wildman–Crippen MR) is 92.0 cm³/mol. The van der Waals surface area contributed by atoms with Crippen LogP contribution in [0.3, 0.4) is 0 Å². The number of fused-ring (bicyclic) bond motifs is 1. The van der Waals surface area contributed by atoms with Crippen molar-refractivity contribution >= 4 is 23.5 Å². The molecule has 3 aliphatic heterocycles.